The number of hydrogen-bond acceptors (Lipinski definition) is 6. The summed E-state index contributed by atoms with van der Waals surface area (Å²) < 4.78 is 22.5. The molecule has 8 nitrogen and oxygen atoms in total. The van der Waals surface area contributed by atoms with Crippen LogP contribution < -0.4 is 0 Å². The van der Waals surface area contributed by atoms with Crippen molar-refractivity contribution in [1.29, 1.82) is 0 Å². The number of nitrogens with zero attached hydrogens (tertiary/aromatic N) is 7. The molecule has 4 rings (SSSR count). The zero-order valence-electron chi connectivity index (χ0n) is 15.7. The molecule has 0 saturated heterocycles. The lowest BCUT2D eigenvalue weighted by Crippen LogP contribution is -2.10. The van der Waals surface area contributed by atoms with Crippen molar-refractivity contribution in [1.82, 2.24) is 34.1 Å². The molecule has 144 valence electrons. The molecule has 4 aromatic heterocycles. The molecule has 0 aliphatic rings. The van der Waals surface area contributed by atoms with Crippen molar-refractivity contribution in [3.8, 4) is 11.5 Å². The van der Waals surface area contributed by atoms with Crippen molar-refractivity contribution in [3.63, 3.8) is 0 Å². The average Bonchev–Trinajstić information content (AvgIpc) is 3.31. The van der Waals surface area contributed by atoms with Crippen molar-refractivity contribution >= 4 is 5.65 Å². The van der Waals surface area contributed by atoms with Crippen LogP contribution in [0.5, 0.6) is 0 Å². The third-order valence-corrected chi connectivity index (χ3v) is 4.47. The monoisotopic (exact) mass is 381 g/mol. The van der Waals surface area contributed by atoms with Crippen LogP contribution in [-0.2, 0) is 24.3 Å². The van der Waals surface area contributed by atoms with E-state index in [1.807, 2.05) is 15.2 Å². The maximum atomic E-state index is 13.5. The molecule has 0 unspecified atom stereocenters. The van der Waals surface area contributed by atoms with Gasteiger partial charge in [0.25, 0.3) is 0 Å². The number of halogens is 1. The Labute approximate surface area is 161 Å². The first-order valence-corrected chi connectivity index (χ1v) is 9.04. The Hall–Kier alpha value is -3.20. The van der Waals surface area contributed by atoms with Gasteiger partial charge in [-0.25, -0.2) is 15.0 Å². The van der Waals surface area contributed by atoms with Crippen LogP contribution in [0.1, 0.15) is 30.4 Å². The van der Waals surface area contributed by atoms with Gasteiger partial charge < -0.3 is 9.30 Å². The molecule has 0 spiro atoms. The van der Waals surface area contributed by atoms with E-state index in [0.717, 1.165) is 29.7 Å². The SMILES string of the molecule is CCCc1c(Cn2ccnc2-c2cccc(F)n2)ncn2c(COC)nnc12. The summed E-state index contributed by atoms with van der Waals surface area (Å²) in [6.07, 6.45) is 7.00. The van der Waals surface area contributed by atoms with Crippen LogP contribution in [0.25, 0.3) is 17.2 Å². The molecule has 0 radical (unpaired) electrons. The number of hydrogen-bond donors (Lipinski definition) is 0. The highest BCUT2D eigenvalue weighted by atomic mass is 19.1. The summed E-state index contributed by atoms with van der Waals surface area (Å²) in [5.74, 6) is 0.763. The molecule has 9 heteroatoms. The third kappa shape index (κ3) is 3.36. The Morgan fingerprint density at radius 1 is 1.18 bits per heavy atom. The summed E-state index contributed by atoms with van der Waals surface area (Å²) in [6, 6.07) is 4.67. The van der Waals surface area contributed by atoms with Crippen molar-refractivity contribution in [2.24, 2.45) is 0 Å². The molecule has 0 saturated carbocycles. The lowest BCUT2D eigenvalue weighted by atomic mass is 10.1. The van der Waals surface area contributed by atoms with Crippen molar-refractivity contribution in [2.75, 3.05) is 7.11 Å². The molecule has 0 amide bonds. The van der Waals surface area contributed by atoms with Gasteiger partial charge in [-0.05, 0) is 18.6 Å². The van der Waals surface area contributed by atoms with Crippen molar-refractivity contribution < 1.29 is 9.13 Å². The molecule has 0 aliphatic heterocycles. The van der Waals surface area contributed by atoms with E-state index in [-0.39, 0.29) is 0 Å². The smallest absolute Gasteiger partial charge is 0.213 e. The highest BCUT2D eigenvalue weighted by Gasteiger charge is 2.16. The lowest BCUT2D eigenvalue weighted by molar-refractivity contribution is 0.177. The second-order valence-electron chi connectivity index (χ2n) is 6.39. The van der Waals surface area contributed by atoms with E-state index in [1.165, 1.54) is 6.07 Å². The summed E-state index contributed by atoms with van der Waals surface area (Å²) in [6.45, 7) is 2.95. The number of ether oxygens (including phenoxy) is 1. The van der Waals surface area contributed by atoms with E-state index in [0.29, 0.717) is 30.5 Å². The van der Waals surface area contributed by atoms with E-state index in [1.54, 1.807) is 31.8 Å². The molecule has 0 aromatic carbocycles. The van der Waals surface area contributed by atoms with Crippen LogP contribution in [0.4, 0.5) is 4.39 Å². The van der Waals surface area contributed by atoms with Crippen molar-refractivity contribution in [3.05, 3.63) is 59.9 Å². The Balaban J connectivity index is 1.75. The van der Waals surface area contributed by atoms with Gasteiger partial charge in [0.2, 0.25) is 5.95 Å². The predicted octanol–water partition coefficient (Wildman–Crippen LogP) is 2.67. The molecule has 0 fully saturated rings. The minimum absolute atomic E-state index is 0.366. The first-order chi connectivity index (χ1) is 13.7. The topological polar surface area (TPSA) is 83.0 Å². The third-order valence-electron chi connectivity index (χ3n) is 4.47. The highest BCUT2D eigenvalue weighted by Crippen LogP contribution is 2.20. The molecule has 0 bridgehead atoms. The van der Waals surface area contributed by atoms with E-state index in [9.17, 15) is 4.39 Å². The van der Waals surface area contributed by atoms with Crippen LogP contribution in [0.3, 0.4) is 0 Å². The number of methoxy groups -OCH3 is 1. The van der Waals surface area contributed by atoms with E-state index >= 15 is 0 Å². The van der Waals surface area contributed by atoms with E-state index < -0.39 is 5.95 Å². The van der Waals surface area contributed by atoms with Gasteiger partial charge in [-0.3, -0.25) is 4.40 Å². The fourth-order valence-corrected chi connectivity index (χ4v) is 3.22. The largest absolute Gasteiger partial charge is 0.377 e. The van der Waals surface area contributed by atoms with E-state index in [2.05, 4.69) is 32.1 Å². The molecule has 0 N–H and O–H groups in total. The maximum absolute atomic E-state index is 13.5. The molecule has 0 atom stereocenters. The zero-order valence-corrected chi connectivity index (χ0v) is 15.7. The van der Waals surface area contributed by atoms with Crippen LogP contribution in [-0.4, -0.2) is 41.2 Å². The zero-order chi connectivity index (χ0) is 19.5. The molecule has 4 heterocycles. The second-order valence-corrected chi connectivity index (χ2v) is 6.39. The Kier molecular flexibility index (Phi) is 5.07. The second kappa shape index (κ2) is 7.81. The fraction of sp³-hybridized carbons (Fsp3) is 0.316. The van der Waals surface area contributed by atoms with Crippen LogP contribution in [0.15, 0.2) is 36.9 Å². The van der Waals surface area contributed by atoms with Gasteiger partial charge in [-0.1, -0.05) is 19.4 Å². The average molecular weight is 381 g/mol. The summed E-state index contributed by atoms with van der Waals surface area (Å²) in [5, 5.41) is 8.56. The van der Waals surface area contributed by atoms with Gasteiger partial charge in [-0.2, -0.15) is 4.39 Å². The van der Waals surface area contributed by atoms with Gasteiger partial charge in [0.05, 0.1) is 12.2 Å². The van der Waals surface area contributed by atoms with E-state index in [4.69, 9.17) is 4.74 Å². The van der Waals surface area contributed by atoms with Gasteiger partial charge in [0.1, 0.15) is 18.6 Å². The number of rotatable bonds is 7. The Bertz CT molecular complexity index is 1100. The fourth-order valence-electron chi connectivity index (χ4n) is 3.22. The standard InChI is InChI=1S/C19H20FN7O/c1-3-5-13-15(22-12-27-17(11-28-2)24-25-18(13)27)10-26-9-8-21-19(26)14-6-4-7-16(20)23-14/h4,6-9,12H,3,5,10-11H2,1-2H3. The number of aryl methyl sites for hydroxylation is 1. The molecular weight excluding hydrogens is 361 g/mol. The number of pyridine rings is 1. The van der Waals surface area contributed by atoms with Gasteiger partial charge >= 0.3 is 0 Å². The molecule has 0 aliphatic carbocycles. The molecule has 4 aromatic rings. The Morgan fingerprint density at radius 3 is 2.86 bits per heavy atom. The summed E-state index contributed by atoms with van der Waals surface area (Å²) in [7, 11) is 1.62. The summed E-state index contributed by atoms with van der Waals surface area (Å²) in [4.78, 5) is 12.9. The number of fused-ring (bicyclic) bond motifs is 1. The minimum Gasteiger partial charge on any atom is -0.377 e. The molecule has 28 heavy (non-hydrogen) atoms. The van der Waals surface area contributed by atoms with Gasteiger partial charge in [0.15, 0.2) is 17.3 Å². The normalized spacial score (nSPS) is 11.4. The van der Waals surface area contributed by atoms with Crippen LogP contribution in [0.2, 0.25) is 0 Å². The van der Waals surface area contributed by atoms with Crippen LogP contribution >= 0.6 is 0 Å². The van der Waals surface area contributed by atoms with Crippen LogP contribution in [0, 0.1) is 5.95 Å². The number of imidazole rings is 1. The first-order valence-electron chi connectivity index (χ1n) is 9.04. The lowest BCUT2D eigenvalue weighted by Gasteiger charge is -2.12. The van der Waals surface area contributed by atoms with Gasteiger partial charge in [0, 0.05) is 25.1 Å². The molecular formula is C19H20FN7O. The highest BCUT2D eigenvalue weighted by molar-refractivity contribution is 5.52. The summed E-state index contributed by atoms with van der Waals surface area (Å²) >= 11 is 0. The Morgan fingerprint density at radius 2 is 2.07 bits per heavy atom. The summed E-state index contributed by atoms with van der Waals surface area (Å²) in [5.41, 5.74) is 3.17. The van der Waals surface area contributed by atoms with Crippen molar-refractivity contribution in [2.45, 2.75) is 32.9 Å². The quantitative estimate of drug-likeness (QED) is 0.458. The predicted molar refractivity (Wildman–Crippen MR) is 100 cm³/mol. The maximum Gasteiger partial charge on any atom is 0.213 e. The first kappa shape index (κ1) is 18.2. The number of aromatic nitrogens is 7. The minimum atomic E-state index is -0.535. The van der Waals surface area contributed by atoms with Gasteiger partial charge in [-0.15, -0.1) is 10.2 Å².